The van der Waals surface area contributed by atoms with Crippen LogP contribution in [0, 0.1) is 0 Å². The smallest absolute Gasteiger partial charge is 0.348 e. The van der Waals surface area contributed by atoms with Crippen molar-refractivity contribution in [2.24, 2.45) is 14.1 Å². The van der Waals surface area contributed by atoms with Crippen molar-refractivity contribution in [3.8, 4) is 0 Å². The maximum absolute atomic E-state index is 10.6. The lowest BCUT2D eigenvalue weighted by atomic mass is 10.5. The minimum absolute atomic E-state index is 0.324. The summed E-state index contributed by atoms with van der Waals surface area (Å²) in [7, 11) is 3.43. The molecule has 3 aromatic heterocycles. The first-order chi connectivity index (χ1) is 9.50. The van der Waals surface area contributed by atoms with E-state index in [0.29, 0.717) is 17.3 Å². The standard InChI is InChI=1S/C6H7N5.C5H7N3O/c1-11-3-10-6-4(11)5(7)8-2-9-6;1-8-4(6)2-3-7-5(8)9/h2-3H,1H3,(H2,7,8,9);2-3H,6H2,1H3. The summed E-state index contributed by atoms with van der Waals surface area (Å²) >= 11 is 0. The van der Waals surface area contributed by atoms with Gasteiger partial charge in [0.15, 0.2) is 11.5 Å². The molecule has 104 valence electrons. The van der Waals surface area contributed by atoms with Gasteiger partial charge in [0.25, 0.3) is 0 Å². The van der Waals surface area contributed by atoms with Crippen LogP contribution in [0.4, 0.5) is 11.6 Å². The number of imidazole rings is 1. The second-order valence-corrected chi connectivity index (χ2v) is 4.00. The van der Waals surface area contributed by atoms with E-state index in [1.165, 1.54) is 17.1 Å². The summed E-state index contributed by atoms with van der Waals surface area (Å²) in [6.07, 6.45) is 4.46. The number of nitrogen functional groups attached to an aromatic ring is 2. The lowest BCUT2D eigenvalue weighted by Gasteiger charge is -1.97. The van der Waals surface area contributed by atoms with Gasteiger partial charge in [-0.3, -0.25) is 4.57 Å². The zero-order chi connectivity index (χ0) is 14.7. The van der Waals surface area contributed by atoms with E-state index in [1.54, 1.807) is 24.0 Å². The Labute approximate surface area is 113 Å². The number of aryl methyl sites for hydroxylation is 1. The predicted octanol–water partition coefficient (Wildman–Crippen LogP) is -0.692. The van der Waals surface area contributed by atoms with Crippen molar-refractivity contribution < 1.29 is 0 Å². The SMILES string of the molecule is Cn1c(N)ccnc1=O.Cn1cnc2ncnc(N)c21. The molecule has 0 saturated heterocycles. The van der Waals surface area contributed by atoms with E-state index in [9.17, 15) is 4.79 Å². The van der Waals surface area contributed by atoms with Gasteiger partial charge in [-0.2, -0.15) is 0 Å². The summed E-state index contributed by atoms with van der Waals surface area (Å²) in [5.41, 5.74) is 12.0. The van der Waals surface area contributed by atoms with Crippen molar-refractivity contribution in [1.29, 1.82) is 0 Å². The largest absolute Gasteiger partial charge is 0.385 e. The Bertz CT molecular complexity index is 790. The topological polar surface area (TPSA) is 131 Å². The van der Waals surface area contributed by atoms with Crippen LogP contribution in [0.2, 0.25) is 0 Å². The summed E-state index contributed by atoms with van der Waals surface area (Å²) in [5.74, 6) is 0.894. The third-order valence-electron chi connectivity index (χ3n) is 2.64. The molecular weight excluding hydrogens is 260 g/mol. The van der Waals surface area contributed by atoms with Crippen molar-refractivity contribution in [2.75, 3.05) is 11.5 Å². The fourth-order valence-corrected chi connectivity index (χ4v) is 1.50. The zero-order valence-corrected chi connectivity index (χ0v) is 11.1. The summed E-state index contributed by atoms with van der Waals surface area (Å²) in [5, 5.41) is 0. The number of aromatic nitrogens is 6. The third kappa shape index (κ3) is 2.55. The van der Waals surface area contributed by atoms with Gasteiger partial charge >= 0.3 is 5.69 Å². The quantitative estimate of drug-likeness (QED) is 0.554. The molecule has 0 aliphatic heterocycles. The monoisotopic (exact) mass is 274 g/mol. The number of nitrogens with zero attached hydrogens (tertiary/aromatic N) is 6. The Morgan fingerprint density at radius 3 is 2.45 bits per heavy atom. The molecule has 0 spiro atoms. The second kappa shape index (κ2) is 5.34. The van der Waals surface area contributed by atoms with E-state index in [0.717, 1.165) is 5.52 Å². The molecule has 3 aromatic rings. The Morgan fingerprint density at radius 1 is 1.10 bits per heavy atom. The normalized spacial score (nSPS) is 10.1. The molecule has 0 amide bonds. The second-order valence-electron chi connectivity index (χ2n) is 4.00. The average Bonchev–Trinajstić information content (AvgIpc) is 2.80. The molecule has 3 heterocycles. The molecular formula is C11H14N8O. The van der Waals surface area contributed by atoms with Gasteiger partial charge in [-0.1, -0.05) is 0 Å². The van der Waals surface area contributed by atoms with Gasteiger partial charge in [0, 0.05) is 20.3 Å². The van der Waals surface area contributed by atoms with Crippen LogP contribution in [-0.2, 0) is 14.1 Å². The van der Waals surface area contributed by atoms with Gasteiger partial charge in [0.05, 0.1) is 6.33 Å². The highest BCUT2D eigenvalue weighted by Gasteiger charge is 2.03. The number of nitrogens with two attached hydrogens (primary N) is 2. The molecule has 3 rings (SSSR count). The Hall–Kier alpha value is -2.97. The van der Waals surface area contributed by atoms with Crippen LogP contribution >= 0.6 is 0 Å². The lowest BCUT2D eigenvalue weighted by Crippen LogP contribution is -2.21. The van der Waals surface area contributed by atoms with Crippen LogP contribution in [0.15, 0.2) is 29.7 Å². The number of hydrogen-bond acceptors (Lipinski definition) is 7. The predicted molar refractivity (Wildman–Crippen MR) is 74.6 cm³/mol. The van der Waals surface area contributed by atoms with E-state index in [4.69, 9.17) is 11.5 Å². The van der Waals surface area contributed by atoms with Crippen LogP contribution in [0.25, 0.3) is 11.2 Å². The van der Waals surface area contributed by atoms with Crippen molar-refractivity contribution in [3.63, 3.8) is 0 Å². The van der Waals surface area contributed by atoms with Gasteiger partial charge in [-0.15, -0.1) is 0 Å². The average molecular weight is 274 g/mol. The number of fused-ring (bicyclic) bond motifs is 1. The molecule has 0 atom stereocenters. The van der Waals surface area contributed by atoms with E-state index >= 15 is 0 Å². The lowest BCUT2D eigenvalue weighted by molar-refractivity contribution is 0.824. The summed E-state index contributed by atoms with van der Waals surface area (Å²) in [6.45, 7) is 0. The van der Waals surface area contributed by atoms with Crippen molar-refractivity contribution in [1.82, 2.24) is 29.1 Å². The van der Waals surface area contributed by atoms with E-state index in [-0.39, 0.29) is 5.69 Å². The van der Waals surface area contributed by atoms with Crippen LogP contribution in [-0.4, -0.2) is 29.1 Å². The van der Waals surface area contributed by atoms with Gasteiger partial charge in [-0.25, -0.2) is 24.7 Å². The number of anilines is 2. The molecule has 9 nitrogen and oxygen atoms in total. The first kappa shape index (κ1) is 13.5. The highest BCUT2D eigenvalue weighted by Crippen LogP contribution is 2.12. The maximum atomic E-state index is 10.6. The van der Waals surface area contributed by atoms with Gasteiger partial charge in [0.1, 0.15) is 17.7 Å². The first-order valence-electron chi connectivity index (χ1n) is 5.65. The van der Waals surface area contributed by atoms with Crippen LogP contribution in [0.5, 0.6) is 0 Å². The van der Waals surface area contributed by atoms with Gasteiger partial charge in [0.2, 0.25) is 0 Å². The molecule has 0 aromatic carbocycles. The zero-order valence-electron chi connectivity index (χ0n) is 11.1. The Balaban J connectivity index is 0.000000151. The third-order valence-corrected chi connectivity index (χ3v) is 2.64. The number of hydrogen-bond donors (Lipinski definition) is 2. The Morgan fingerprint density at radius 2 is 1.85 bits per heavy atom. The Kier molecular flexibility index (Phi) is 3.60. The molecule has 0 aliphatic carbocycles. The van der Waals surface area contributed by atoms with E-state index in [1.807, 2.05) is 7.05 Å². The molecule has 0 fully saturated rings. The number of rotatable bonds is 0. The molecule has 0 radical (unpaired) electrons. The summed E-state index contributed by atoms with van der Waals surface area (Å²) in [4.78, 5) is 25.9. The van der Waals surface area contributed by atoms with Crippen molar-refractivity contribution >= 4 is 22.8 Å². The van der Waals surface area contributed by atoms with Crippen LogP contribution in [0.3, 0.4) is 0 Å². The molecule has 20 heavy (non-hydrogen) atoms. The van der Waals surface area contributed by atoms with Crippen LogP contribution in [0.1, 0.15) is 0 Å². The fourth-order valence-electron chi connectivity index (χ4n) is 1.50. The van der Waals surface area contributed by atoms with E-state index < -0.39 is 0 Å². The summed E-state index contributed by atoms with van der Waals surface area (Å²) < 4.78 is 3.07. The molecule has 4 N–H and O–H groups in total. The molecule has 0 unspecified atom stereocenters. The highest BCUT2D eigenvalue weighted by molar-refractivity contribution is 5.81. The summed E-state index contributed by atoms with van der Waals surface area (Å²) in [6, 6.07) is 1.57. The van der Waals surface area contributed by atoms with E-state index in [2.05, 4.69) is 19.9 Å². The molecule has 0 bridgehead atoms. The maximum Gasteiger partial charge on any atom is 0.348 e. The molecule has 9 heteroatoms. The fraction of sp³-hybridized carbons (Fsp3) is 0.182. The molecule has 0 saturated carbocycles. The minimum atomic E-state index is -0.324. The van der Waals surface area contributed by atoms with Gasteiger partial charge < -0.3 is 16.0 Å². The van der Waals surface area contributed by atoms with Crippen molar-refractivity contribution in [2.45, 2.75) is 0 Å². The van der Waals surface area contributed by atoms with Crippen molar-refractivity contribution in [3.05, 3.63) is 35.4 Å². The minimum Gasteiger partial charge on any atom is -0.385 e. The highest BCUT2D eigenvalue weighted by atomic mass is 16.1. The molecule has 0 aliphatic rings. The van der Waals surface area contributed by atoms with Gasteiger partial charge in [-0.05, 0) is 6.07 Å². The van der Waals surface area contributed by atoms with Crippen LogP contribution < -0.4 is 17.2 Å². The first-order valence-corrected chi connectivity index (χ1v) is 5.65.